The molecule has 5 nitrogen and oxygen atoms in total. The second-order valence-electron chi connectivity index (χ2n) is 7.44. The van der Waals surface area contributed by atoms with E-state index in [9.17, 15) is 27.5 Å². The van der Waals surface area contributed by atoms with E-state index in [1.165, 1.54) is 30.3 Å². The van der Waals surface area contributed by atoms with Gasteiger partial charge in [0.05, 0.1) is 18.3 Å². The van der Waals surface area contributed by atoms with Gasteiger partial charge in [-0.25, -0.2) is 9.40 Å². The van der Waals surface area contributed by atoms with Crippen LogP contribution in [0.1, 0.15) is 23.6 Å². The van der Waals surface area contributed by atoms with Crippen molar-refractivity contribution in [3.8, 4) is 0 Å². The van der Waals surface area contributed by atoms with E-state index in [2.05, 4.69) is 5.43 Å². The summed E-state index contributed by atoms with van der Waals surface area (Å²) in [6, 6.07) is 9.51. The topological polar surface area (TPSA) is 55.8 Å². The molecule has 2 N–H and O–H groups in total. The van der Waals surface area contributed by atoms with Gasteiger partial charge in [0.2, 0.25) is 0 Å². The first-order chi connectivity index (χ1) is 14.1. The number of aliphatic hydroxyl groups is 1. The van der Waals surface area contributed by atoms with Crippen LogP contribution in [0.2, 0.25) is 0 Å². The third-order valence-corrected chi connectivity index (χ3v) is 5.72. The summed E-state index contributed by atoms with van der Waals surface area (Å²) in [5.41, 5.74) is 0.235. The molecule has 2 aliphatic rings. The van der Waals surface area contributed by atoms with E-state index in [-0.39, 0.29) is 17.3 Å². The van der Waals surface area contributed by atoms with Gasteiger partial charge in [-0.05, 0) is 30.2 Å². The number of hydrogen-bond acceptors (Lipinski definition) is 4. The molecule has 158 valence electrons. The number of rotatable bonds is 3. The van der Waals surface area contributed by atoms with Crippen molar-refractivity contribution < 1.29 is 27.5 Å². The van der Waals surface area contributed by atoms with Gasteiger partial charge in [-0.1, -0.05) is 30.3 Å². The fourth-order valence-corrected chi connectivity index (χ4v) is 3.83. The summed E-state index contributed by atoms with van der Waals surface area (Å²) in [5, 5.41) is 12.1. The molecular formula is C21H19F4N3O2. The molecule has 0 saturated carbocycles. The molecule has 2 aromatic carbocycles. The number of anilines is 1. The minimum absolute atomic E-state index is 0.00378. The maximum atomic E-state index is 14.8. The van der Waals surface area contributed by atoms with Crippen LogP contribution in [0, 0.1) is 5.82 Å². The van der Waals surface area contributed by atoms with Crippen LogP contribution in [-0.4, -0.2) is 35.3 Å². The number of hydrogen-bond donors (Lipinski definition) is 2. The summed E-state index contributed by atoms with van der Waals surface area (Å²) < 4.78 is 55.5. The minimum atomic E-state index is -5.21. The van der Waals surface area contributed by atoms with E-state index in [0.717, 1.165) is 16.5 Å². The molecule has 2 unspecified atom stereocenters. The Morgan fingerprint density at radius 3 is 2.50 bits per heavy atom. The quantitative estimate of drug-likeness (QED) is 0.747. The first-order valence-electron chi connectivity index (χ1n) is 9.24. The highest BCUT2D eigenvalue weighted by atomic mass is 19.4. The Balaban J connectivity index is 1.68. The first kappa shape index (κ1) is 20.4. The monoisotopic (exact) mass is 421 g/mol. The molecule has 0 radical (unpaired) electrons. The van der Waals surface area contributed by atoms with Crippen molar-refractivity contribution in [3.05, 3.63) is 71.2 Å². The lowest BCUT2D eigenvalue weighted by atomic mass is 9.95. The lowest BCUT2D eigenvalue weighted by molar-refractivity contribution is -0.253. The number of halogens is 4. The van der Waals surface area contributed by atoms with Crippen LogP contribution < -0.4 is 10.3 Å². The number of hydrazine groups is 1. The second-order valence-corrected chi connectivity index (χ2v) is 7.44. The average Bonchev–Trinajstić information content (AvgIpc) is 3.14. The van der Waals surface area contributed by atoms with Gasteiger partial charge >= 0.3 is 6.18 Å². The van der Waals surface area contributed by atoms with Crippen molar-refractivity contribution in [3.63, 3.8) is 0 Å². The number of carbonyl (C=O) groups is 1. The van der Waals surface area contributed by atoms with Gasteiger partial charge in [0.15, 0.2) is 0 Å². The van der Waals surface area contributed by atoms with Crippen molar-refractivity contribution in [2.75, 3.05) is 11.9 Å². The SMILES string of the molecule is CC1C(c2ccc(CN3C(=O)C(O)(C(F)(F)F)c4ccccc43)c(F)c2)=CNN1C. The standard InChI is InChI=1S/C21H19F4N3O2/c1-12-15(10-26-27(12)2)13-7-8-14(17(22)9-13)11-28-18-6-4-3-5-16(18)20(30,19(28)29)21(23,24)25/h3-10,12,26,30H,11H2,1-2H3. The number of nitrogens with one attached hydrogen (secondary N) is 1. The van der Waals surface area contributed by atoms with Gasteiger partial charge in [-0.3, -0.25) is 4.79 Å². The van der Waals surface area contributed by atoms with Gasteiger partial charge < -0.3 is 15.4 Å². The van der Waals surface area contributed by atoms with Crippen LogP contribution in [-0.2, 0) is 16.9 Å². The number of nitrogens with zero attached hydrogens (tertiary/aromatic N) is 2. The predicted molar refractivity (Wildman–Crippen MR) is 102 cm³/mol. The molecule has 2 aromatic rings. The van der Waals surface area contributed by atoms with Crippen LogP contribution >= 0.6 is 0 Å². The van der Waals surface area contributed by atoms with Gasteiger partial charge in [-0.2, -0.15) is 13.2 Å². The summed E-state index contributed by atoms with van der Waals surface area (Å²) in [4.78, 5) is 13.4. The van der Waals surface area contributed by atoms with Crippen LogP contribution in [0.4, 0.5) is 23.2 Å². The molecule has 4 rings (SSSR count). The van der Waals surface area contributed by atoms with E-state index in [4.69, 9.17) is 0 Å². The summed E-state index contributed by atoms with van der Waals surface area (Å²) in [7, 11) is 1.84. The van der Waals surface area contributed by atoms with Crippen LogP contribution in [0.25, 0.3) is 5.57 Å². The molecule has 0 fully saturated rings. The van der Waals surface area contributed by atoms with Crippen molar-refractivity contribution >= 4 is 17.2 Å². The highest BCUT2D eigenvalue weighted by Gasteiger charge is 2.66. The Kier molecular flexibility index (Phi) is 4.63. The number of benzene rings is 2. The summed E-state index contributed by atoms with van der Waals surface area (Å²) in [6.07, 6.45) is -3.45. The Bertz CT molecular complexity index is 1050. The lowest BCUT2D eigenvalue weighted by Gasteiger charge is -2.25. The number of alkyl halides is 3. The summed E-state index contributed by atoms with van der Waals surface area (Å²) >= 11 is 0. The number of para-hydroxylation sites is 1. The Morgan fingerprint density at radius 2 is 1.90 bits per heavy atom. The molecule has 0 saturated heterocycles. The minimum Gasteiger partial charge on any atom is -0.368 e. The molecular weight excluding hydrogens is 402 g/mol. The maximum absolute atomic E-state index is 14.8. The maximum Gasteiger partial charge on any atom is 0.430 e. The first-order valence-corrected chi connectivity index (χ1v) is 9.24. The van der Waals surface area contributed by atoms with Crippen molar-refractivity contribution in [1.82, 2.24) is 10.4 Å². The predicted octanol–water partition coefficient (Wildman–Crippen LogP) is 3.30. The number of fused-ring (bicyclic) bond motifs is 1. The molecule has 0 bridgehead atoms. The fraction of sp³-hybridized carbons (Fsp3) is 0.286. The zero-order chi connectivity index (χ0) is 21.8. The third-order valence-electron chi connectivity index (χ3n) is 5.72. The van der Waals surface area contributed by atoms with E-state index in [1.807, 2.05) is 19.0 Å². The van der Waals surface area contributed by atoms with Gasteiger partial charge in [0.25, 0.3) is 11.5 Å². The Labute approximate surface area is 170 Å². The van der Waals surface area contributed by atoms with Crippen LogP contribution in [0.5, 0.6) is 0 Å². The van der Waals surface area contributed by atoms with E-state index >= 15 is 0 Å². The molecule has 2 atom stereocenters. The van der Waals surface area contributed by atoms with Gasteiger partial charge in [-0.15, -0.1) is 0 Å². The fourth-order valence-electron chi connectivity index (χ4n) is 3.83. The smallest absolute Gasteiger partial charge is 0.368 e. The lowest BCUT2D eigenvalue weighted by Crippen LogP contribution is -2.50. The Morgan fingerprint density at radius 1 is 1.20 bits per heavy atom. The third kappa shape index (κ3) is 2.88. The molecule has 9 heteroatoms. The molecule has 0 spiro atoms. The van der Waals surface area contributed by atoms with Crippen molar-refractivity contribution in [1.29, 1.82) is 0 Å². The summed E-state index contributed by atoms with van der Waals surface area (Å²) in [6.45, 7) is 1.50. The zero-order valence-corrected chi connectivity index (χ0v) is 16.2. The zero-order valence-electron chi connectivity index (χ0n) is 16.2. The molecule has 0 aromatic heterocycles. The number of carbonyl (C=O) groups excluding carboxylic acids is 1. The van der Waals surface area contributed by atoms with Crippen LogP contribution in [0.3, 0.4) is 0 Å². The molecule has 2 heterocycles. The van der Waals surface area contributed by atoms with E-state index in [1.54, 1.807) is 12.3 Å². The van der Waals surface area contributed by atoms with E-state index < -0.39 is 35.6 Å². The normalized spacial score (nSPS) is 24.1. The molecule has 2 aliphatic heterocycles. The van der Waals surface area contributed by atoms with Crippen molar-refractivity contribution in [2.45, 2.75) is 31.3 Å². The van der Waals surface area contributed by atoms with Gasteiger partial charge in [0.1, 0.15) is 5.82 Å². The number of likely N-dealkylation sites (N-methyl/N-ethyl adjacent to an activating group) is 1. The van der Waals surface area contributed by atoms with Gasteiger partial charge in [0, 0.05) is 24.4 Å². The highest BCUT2D eigenvalue weighted by molar-refractivity contribution is 6.07. The molecule has 30 heavy (non-hydrogen) atoms. The van der Waals surface area contributed by atoms with Crippen LogP contribution in [0.15, 0.2) is 48.7 Å². The number of amides is 1. The van der Waals surface area contributed by atoms with Crippen molar-refractivity contribution in [2.24, 2.45) is 0 Å². The Hall–Kier alpha value is -2.91. The molecule has 0 aliphatic carbocycles. The second kappa shape index (κ2) is 6.82. The highest BCUT2D eigenvalue weighted by Crippen LogP contribution is 2.49. The molecule has 1 amide bonds. The summed E-state index contributed by atoms with van der Waals surface area (Å²) in [5.74, 6) is -2.19. The largest absolute Gasteiger partial charge is 0.430 e. The average molecular weight is 421 g/mol. The van der Waals surface area contributed by atoms with E-state index in [0.29, 0.717) is 5.56 Å².